The van der Waals surface area contributed by atoms with E-state index < -0.39 is 13.9 Å². The fraction of sp³-hybridized carbons (Fsp3) is 0.794. The molecule has 0 saturated carbocycles. The number of Topliss-reactive ketones (excluding diaryl/α,β-unsaturated/α-hetero) is 1. The molecule has 0 aliphatic heterocycles. The summed E-state index contributed by atoms with van der Waals surface area (Å²) in [5, 5.41) is 3.05. The highest BCUT2D eigenvalue weighted by Gasteiger charge is 2.28. The Balaban J connectivity index is 2.35. The molecule has 0 aliphatic rings. The first-order valence-electron chi connectivity index (χ1n) is 17.1. The van der Waals surface area contributed by atoms with Crippen LogP contribution in [0.5, 0.6) is 5.75 Å². The number of benzene rings is 1. The number of carbonyl (C=O) groups excluding carboxylic acids is 1. The van der Waals surface area contributed by atoms with E-state index in [1.165, 1.54) is 77.0 Å². The summed E-state index contributed by atoms with van der Waals surface area (Å²) in [5.41, 5.74) is 0.559. The van der Waals surface area contributed by atoms with Crippen LogP contribution in [0.2, 0.25) is 0 Å². The quantitative estimate of drug-likeness (QED) is 0.0383. The molecular weight excluding hydrogens is 579 g/mol. The number of unbranched alkanes of at least 4 members (excludes halogenated alkanes) is 13. The maximum Gasteiger partial charge on any atom is 0.472 e. The summed E-state index contributed by atoms with van der Waals surface area (Å²) in [4.78, 5) is 22.9. The van der Waals surface area contributed by atoms with Crippen LogP contribution in [0, 0.1) is 0 Å². The fourth-order valence-corrected chi connectivity index (χ4v) is 5.63. The maximum atomic E-state index is 12.6. The third kappa shape index (κ3) is 23.1. The van der Waals surface area contributed by atoms with Gasteiger partial charge in [0, 0.05) is 18.7 Å². The second kappa shape index (κ2) is 24.9. The zero-order valence-electron chi connectivity index (χ0n) is 28.5. The zero-order chi connectivity index (χ0) is 32.5. The van der Waals surface area contributed by atoms with Gasteiger partial charge >= 0.3 is 7.82 Å². The number of ketones is 1. The summed E-state index contributed by atoms with van der Waals surface area (Å²) in [6.45, 7) is 6.30. The molecule has 1 aromatic rings. The van der Waals surface area contributed by atoms with Gasteiger partial charge < -0.3 is 24.2 Å². The van der Waals surface area contributed by atoms with Crippen LogP contribution in [0.15, 0.2) is 24.3 Å². The molecule has 0 aliphatic carbocycles. The molecule has 2 unspecified atom stereocenters. The van der Waals surface area contributed by atoms with E-state index in [-0.39, 0.29) is 32.1 Å². The number of rotatable bonds is 30. The van der Waals surface area contributed by atoms with E-state index in [2.05, 4.69) is 12.2 Å². The lowest BCUT2D eigenvalue weighted by molar-refractivity contribution is -0.870. The van der Waals surface area contributed by atoms with Crippen molar-refractivity contribution in [1.82, 2.24) is 5.32 Å². The van der Waals surface area contributed by atoms with Gasteiger partial charge in [0.25, 0.3) is 0 Å². The highest BCUT2D eigenvalue weighted by atomic mass is 31.2. The highest BCUT2D eigenvalue weighted by molar-refractivity contribution is 7.47. The van der Waals surface area contributed by atoms with E-state index in [9.17, 15) is 14.3 Å². The van der Waals surface area contributed by atoms with Crippen molar-refractivity contribution in [3.8, 4) is 5.75 Å². The molecule has 0 heterocycles. The monoisotopic (exact) mass is 643 g/mol. The van der Waals surface area contributed by atoms with Crippen molar-refractivity contribution < 1.29 is 37.3 Å². The predicted octanol–water partition coefficient (Wildman–Crippen LogP) is 7.56. The van der Waals surface area contributed by atoms with Crippen molar-refractivity contribution in [2.24, 2.45) is 0 Å². The summed E-state index contributed by atoms with van der Waals surface area (Å²) in [7, 11) is 1.64. The van der Waals surface area contributed by atoms with Crippen molar-refractivity contribution in [1.29, 1.82) is 0 Å². The number of hydrogen-bond donors (Lipinski definition) is 2. The van der Waals surface area contributed by atoms with Crippen LogP contribution in [0.1, 0.15) is 114 Å². The number of quaternary nitrogens is 1. The van der Waals surface area contributed by atoms with Gasteiger partial charge in [0.1, 0.15) is 25.0 Å². The zero-order valence-corrected chi connectivity index (χ0v) is 29.4. The predicted molar refractivity (Wildman–Crippen MR) is 179 cm³/mol. The van der Waals surface area contributed by atoms with E-state index >= 15 is 0 Å². The van der Waals surface area contributed by atoms with Gasteiger partial charge in [-0.1, -0.05) is 90.4 Å². The minimum Gasteiger partial charge on any atom is -0.494 e. The van der Waals surface area contributed by atoms with Crippen molar-refractivity contribution in [3.63, 3.8) is 0 Å². The number of phosphoric acid groups is 1. The van der Waals surface area contributed by atoms with Gasteiger partial charge in [0.2, 0.25) is 0 Å². The second-order valence-electron chi connectivity index (χ2n) is 12.7. The molecule has 0 spiro atoms. The lowest BCUT2D eigenvalue weighted by Gasteiger charge is -2.25. The first kappa shape index (κ1) is 40.7. The summed E-state index contributed by atoms with van der Waals surface area (Å²) in [6, 6.07) is 6.99. The molecule has 0 saturated heterocycles. The van der Waals surface area contributed by atoms with Crippen LogP contribution in [-0.4, -0.2) is 88.5 Å². The minimum atomic E-state index is -4.29. The van der Waals surface area contributed by atoms with Crippen molar-refractivity contribution in [2.75, 3.05) is 67.2 Å². The van der Waals surface area contributed by atoms with Crippen molar-refractivity contribution in [2.45, 2.75) is 110 Å². The first-order chi connectivity index (χ1) is 21.1. The molecule has 256 valence electrons. The normalized spacial score (nSPS) is 14.0. The Morgan fingerprint density at radius 1 is 0.841 bits per heavy atom. The fourth-order valence-electron chi connectivity index (χ4n) is 4.74. The SMILES string of the molecule is CCCCCCCCCCCCCCCCOCC(CNCC(=O)c1ccc(OCC)cc1)OP(=O)(O)OCC[N+](C)(C)C. The Morgan fingerprint density at radius 3 is 1.91 bits per heavy atom. The Hall–Kier alpha value is -1.32. The number of hydrogen-bond acceptors (Lipinski definition) is 7. The van der Waals surface area contributed by atoms with Crippen LogP contribution in [0.25, 0.3) is 0 Å². The van der Waals surface area contributed by atoms with Crippen LogP contribution in [-0.2, 0) is 18.3 Å². The maximum absolute atomic E-state index is 12.6. The summed E-state index contributed by atoms with van der Waals surface area (Å²) in [6.07, 6.45) is 17.4. The van der Waals surface area contributed by atoms with Crippen molar-refractivity contribution in [3.05, 3.63) is 29.8 Å². The van der Waals surface area contributed by atoms with Gasteiger partial charge in [0.15, 0.2) is 5.78 Å². The lowest BCUT2D eigenvalue weighted by Crippen LogP contribution is -2.38. The molecule has 2 N–H and O–H groups in total. The third-order valence-electron chi connectivity index (χ3n) is 7.39. The highest BCUT2D eigenvalue weighted by Crippen LogP contribution is 2.44. The molecule has 0 aromatic heterocycles. The Morgan fingerprint density at radius 2 is 1.39 bits per heavy atom. The summed E-state index contributed by atoms with van der Waals surface area (Å²) < 4.78 is 35.2. The van der Waals surface area contributed by atoms with Gasteiger partial charge in [-0.2, -0.15) is 0 Å². The molecule has 1 rings (SSSR count). The molecule has 0 fully saturated rings. The smallest absolute Gasteiger partial charge is 0.472 e. The molecular formula is C34H64N2O7P+. The minimum absolute atomic E-state index is 0.0604. The van der Waals surface area contributed by atoms with E-state index in [4.69, 9.17) is 18.5 Å². The Kier molecular flexibility index (Phi) is 23.0. The van der Waals surface area contributed by atoms with E-state index in [1.807, 2.05) is 28.1 Å². The standard InChI is InChI=1S/C34H63N2O7P/c1-6-8-9-10-11-12-13-14-15-16-17-18-19-20-26-40-30-33(43-44(38,39)42-27-25-36(3,4)5)28-35-29-34(37)31-21-23-32(24-22-31)41-7-2/h21-24,33,35H,6-20,25-30H2,1-5H3/p+1. The molecule has 2 atom stereocenters. The number of nitrogens with one attached hydrogen (secondary N) is 1. The number of carbonyl (C=O) groups is 1. The molecule has 0 radical (unpaired) electrons. The van der Waals surface area contributed by atoms with Gasteiger partial charge in [-0.15, -0.1) is 0 Å². The molecule has 0 bridgehead atoms. The molecule has 10 heteroatoms. The van der Waals surface area contributed by atoms with E-state index in [0.717, 1.165) is 12.8 Å². The molecule has 44 heavy (non-hydrogen) atoms. The van der Waals surface area contributed by atoms with Gasteiger partial charge in [-0.05, 0) is 37.6 Å². The molecule has 9 nitrogen and oxygen atoms in total. The van der Waals surface area contributed by atoms with Crippen molar-refractivity contribution >= 4 is 13.6 Å². The van der Waals surface area contributed by atoms with Gasteiger partial charge in [-0.25, -0.2) is 4.57 Å². The molecule has 1 aromatic carbocycles. The summed E-state index contributed by atoms with van der Waals surface area (Å²) >= 11 is 0. The number of likely N-dealkylation sites (N-methyl/N-ethyl adjacent to an activating group) is 1. The van der Waals surface area contributed by atoms with Crippen LogP contribution >= 0.6 is 7.82 Å². The second-order valence-corrected chi connectivity index (χ2v) is 14.1. The molecule has 0 amide bonds. The van der Waals surface area contributed by atoms with E-state index in [1.54, 1.807) is 24.3 Å². The Bertz CT molecular complexity index is 893. The topological polar surface area (TPSA) is 103 Å². The number of ether oxygens (including phenoxy) is 2. The van der Waals surface area contributed by atoms with Crippen LogP contribution in [0.4, 0.5) is 0 Å². The lowest BCUT2D eigenvalue weighted by atomic mass is 10.0. The number of nitrogens with zero attached hydrogens (tertiary/aromatic N) is 1. The number of phosphoric ester groups is 1. The third-order valence-corrected chi connectivity index (χ3v) is 8.46. The summed E-state index contributed by atoms with van der Waals surface area (Å²) in [5.74, 6) is 0.617. The van der Waals surface area contributed by atoms with Gasteiger partial charge in [0.05, 0.1) is 40.9 Å². The van der Waals surface area contributed by atoms with E-state index in [0.29, 0.717) is 35.6 Å². The first-order valence-corrected chi connectivity index (χ1v) is 18.6. The average Bonchev–Trinajstić information content (AvgIpc) is 2.96. The van der Waals surface area contributed by atoms with Crippen LogP contribution < -0.4 is 10.1 Å². The average molecular weight is 644 g/mol. The van der Waals surface area contributed by atoms with Gasteiger partial charge in [-0.3, -0.25) is 13.8 Å². The Labute approximate surface area is 268 Å². The van der Waals surface area contributed by atoms with Crippen LogP contribution in [0.3, 0.4) is 0 Å². The largest absolute Gasteiger partial charge is 0.494 e.